The van der Waals surface area contributed by atoms with Crippen LogP contribution in [-0.4, -0.2) is 30.0 Å². The first kappa shape index (κ1) is 20.5. The summed E-state index contributed by atoms with van der Waals surface area (Å²) in [5.41, 5.74) is 0.825. The van der Waals surface area contributed by atoms with Crippen molar-refractivity contribution in [3.63, 3.8) is 0 Å². The van der Waals surface area contributed by atoms with Crippen molar-refractivity contribution in [2.24, 2.45) is 0 Å². The van der Waals surface area contributed by atoms with Gasteiger partial charge >= 0.3 is 0 Å². The van der Waals surface area contributed by atoms with E-state index in [9.17, 15) is 4.79 Å². The van der Waals surface area contributed by atoms with Gasteiger partial charge in [-0.15, -0.1) is 0 Å². The summed E-state index contributed by atoms with van der Waals surface area (Å²) in [4.78, 5) is 12.4. The first-order valence-electron chi connectivity index (χ1n) is 8.58. The summed E-state index contributed by atoms with van der Waals surface area (Å²) in [5, 5.41) is 3.16. The zero-order chi connectivity index (χ0) is 19.9. The number of ether oxygens (including phenoxy) is 3. The number of hydrogen-bond acceptors (Lipinski definition) is 6. The second kappa shape index (κ2) is 9.82. The van der Waals surface area contributed by atoms with Crippen LogP contribution in [0.2, 0.25) is 5.02 Å². The van der Waals surface area contributed by atoms with Crippen LogP contribution in [0, 0.1) is 0 Å². The van der Waals surface area contributed by atoms with Crippen LogP contribution in [0.25, 0.3) is 6.08 Å². The van der Waals surface area contributed by atoms with Gasteiger partial charge in [0.1, 0.15) is 23.3 Å². The number of para-hydroxylation sites is 1. The highest BCUT2D eigenvalue weighted by Crippen LogP contribution is 2.32. The third-order valence-electron chi connectivity index (χ3n) is 3.64. The molecule has 146 valence electrons. The summed E-state index contributed by atoms with van der Waals surface area (Å²) in [6, 6.07) is 12.8. The van der Waals surface area contributed by atoms with E-state index >= 15 is 0 Å². The minimum absolute atomic E-state index is 0.190. The molecule has 1 fully saturated rings. The molecule has 1 saturated heterocycles. The fourth-order valence-electron chi connectivity index (χ4n) is 2.44. The molecule has 8 heteroatoms. The van der Waals surface area contributed by atoms with Gasteiger partial charge in [-0.25, -0.2) is 0 Å². The lowest BCUT2D eigenvalue weighted by Gasteiger charge is -2.13. The van der Waals surface area contributed by atoms with E-state index in [0.717, 1.165) is 5.56 Å². The summed E-state index contributed by atoms with van der Waals surface area (Å²) < 4.78 is 17.6. The molecular weight excluding hydrogens is 418 g/mol. The molecule has 1 heterocycles. The molecule has 0 aromatic heterocycles. The van der Waals surface area contributed by atoms with Gasteiger partial charge < -0.3 is 19.5 Å². The van der Waals surface area contributed by atoms with Gasteiger partial charge in [-0.3, -0.25) is 4.79 Å². The molecule has 1 aliphatic heterocycles. The topological polar surface area (TPSA) is 56.8 Å². The van der Waals surface area contributed by atoms with Crippen molar-refractivity contribution < 1.29 is 19.0 Å². The number of nitrogens with one attached hydrogen (secondary N) is 1. The Morgan fingerprint density at radius 3 is 2.50 bits per heavy atom. The Bertz CT molecular complexity index is 917. The number of thioether (sulfide) groups is 1. The number of amides is 1. The van der Waals surface area contributed by atoms with E-state index in [1.54, 1.807) is 18.2 Å². The summed E-state index contributed by atoms with van der Waals surface area (Å²) in [6.07, 6.45) is 1.77. The predicted octanol–water partition coefficient (Wildman–Crippen LogP) is 4.69. The summed E-state index contributed by atoms with van der Waals surface area (Å²) in [7, 11) is 0. The Labute approximate surface area is 178 Å². The van der Waals surface area contributed by atoms with Crippen LogP contribution in [0.3, 0.4) is 0 Å². The Morgan fingerprint density at radius 1 is 1.07 bits per heavy atom. The van der Waals surface area contributed by atoms with E-state index in [0.29, 0.717) is 51.3 Å². The number of carbonyl (C=O) groups excluding carboxylic acids is 1. The van der Waals surface area contributed by atoms with Gasteiger partial charge in [0.15, 0.2) is 11.5 Å². The molecule has 0 atom stereocenters. The molecule has 1 aliphatic rings. The number of hydrogen-bond donors (Lipinski definition) is 1. The molecule has 2 aromatic rings. The summed E-state index contributed by atoms with van der Waals surface area (Å²) in [5.74, 6) is 1.63. The molecule has 0 aliphatic carbocycles. The quantitative estimate of drug-likeness (QED) is 0.369. The molecule has 0 radical (unpaired) electrons. The van der Waals surface area contributed by atoms with Gasteiger partial charge in [-0.05, 0) is 42.8 Å². The van der Waals surface area contributed by atoms with Crippen molar-refractivity contribution in [1.82, 2.24) is 5.32 Å². The Morgan fingerprint density at radius 2 is 1.82 bits per heavy atom. The highest BCUT2D eigenvalue weighted by molar-refractivity contribution is 8.26. The zero-order valence-corrected chi connectivity index (χ0v) is 17.5. The van der Waals surface area contributed by atoms with Gasteiger partial charge in [-0.2, -0.15) is 0 Å². The number of carbonyl (C=O) groups is 1. The highest BCUT2D eigenvalue weighted by Gasteiger charge is 2.22. The summed E-state index contributed by atoms with van der Waals surface area (Å²) >= 11 is 12.3. The zero-order valence-electron chi connectivity index (χ0n) is 15.1. The number of benzene rings is 2. The average Bonchev–Trinajstić information content (AvgIpc) is 2.99. The Kier molecular flexibility index (Phi) is 7.19. The molecule has 1 N–H and O–H groups in total. The van der Waals surface area contributed by atoms with E-state index in [4.69, 9.17) is 38.0 Å². The molecule has 3 rings (SSSR count). The van der Waals surface area contributed by atoms with Crippen LogP contribution < -0.4 is 19.5 Å². The van der Waals surface area contributed by atoms with Crippen LogP contribution in [0.5, 0.6) is 17.2 Å². The van der Waals surface area contributed by atoms with Gasteiger partial charge in [-0.1, -0.05) is 53.8 Å². The Hall–Kier alpha value is -2.22. The van der Waals surface area contributed by atoms with E-state index < -0.39 is 0 Å². The number of thiocarbonyl (C=S) groups is 1. The molecular formula is C20H18ClNO4S2. The molecule has 0 spiro atoms. The van der Waals surface area contributed by atoms with Gasteiger partial charge in [0.25, 0.3) is 5.91 Å². The van der Waals surface area contributed by atoms with Crippen LogP contribution in [-0.2, 0) is 4.79 Å². The van der Waals surface area contributed by atoms with Gasteiger partial charge in [0.05, 0.1) is 16.5 Å². The maximum atomic E-state index is 11.8. The van der Waals surface area contributed by atoms with Crippen molar-refractivity contribution in [2.75, 3.05) is 19.8 Å². The first-order valence-corrected chi connectivity index (χ1v) is 10.2. The monoisotopic (exact) mass is 435 g/mol. The van der Waals surface area contributed by atoms with E-state index in [2.05, 4.69) is 5.32 Å². The van der Waals surface area contributed by atoms with Gasteiger partial charge in [0, 0.05) is 0 Å². The molecule has 0 saturated carbocycles. The molecule has 0 bridgehead atoms. The average molecular weight is 436 g/mol. The van der Waals surface area contributed by atoms with Crippen molar-refractivity contribution in [2.45, 2.75) is 6.92 Å². The minimum atomic E-state index is -0.190. The second-order valence-corrected chi connectivity index (χ2v) is 7.74. The molecule has 1 amide bonds. The normalized spacial score (nSPS) is 14.9. The molecule has 28 heavy (non-hydrogen) atoms. The lowest BCUT2D eigenvalue weighted by atomic mass is 10.2. The van der Waals surface area contributed by atoms with Crippen LogP contribution in [0.4, 0.5) is 0 Å². The smallest absolute Gasteiger partial charge is 0.263 e. The largest absolute Gasteiger partial charge is 0.490 e. The fourth-order valence-corrected chi connectivity index (χ4v) is 3.67. The summed E-state index contributed by atoms with van der Waals surface area (Å²) in [6.45, 7) is 3.06. The van der Waals surface area contributed by atoms with E-state index in [-0.39, 0.29) is 5.91 Å². The van der Waals surface area contributed by atoms with Crippen molar-refractivity contribution >= 4 is 51.9 Å². The Balaban J connectivity index is 1.64. The van der Waals surface area contributed by atoms with Gasteiger partial charge in [0.2, 0.25) is 0 Å². The van der Waals surface area contributed by atoms with E-state index in [1.165, 1.54) is 11.8 Å². The molecule has 0 unspecified atom stereocenters. The minimum Gasteiger partial charge on any atom is -0.490 e. The third-order valence-corrected chi connectivity index (χ3v) is 5.12. The lowest BCUT2D eigenvalue weighted by molar-refractivity contribution is -0.115. The van der Waals surface area contributed by atoms with E-state index in [1.807, 2.05) is 37.3 Å². The maximum absolute atomic E-state index is 11.8. The number of rotatable bonds is 8. The standard InChI is InChI=1S/C20H18ClNO4S2/c1-2-24-17-11-13(12-18-19(23)22-20(27)28-18)7-8-16(17)26-10-9-25-15-6-4-3-5-14(15)21/h3-8,11-12H,2,9-10H2,1H3,(H,22,23,27)/b18-12-. The van der Waals surface area contributed by atoms with Crippen LogP contribution in [0.1, 0.15) is 12.5 Å². The highest BCUT2D eigenvalue weighted by atomic mass is 35.5. The maximum Gasteiger partial charge on any atom is 0.263 e. The van der Waals surface area contributed by atoms with Crippen molar-refractivity contribution in [1.29, 1.82) is 0 Å². The number of halogens is 1. The van der Waals surface area contributed by atoms with Crippen molar-refractivity contribution in [3.8, 4) is 17.2 Å². The molecule has 5 nitrogen and oxygen atoms in total. The SMILES string of the molecule is CCOc1cc(/C=C2\SC(=S)NC2=O)ccc1OCCOc1ccccc1Cl. The van der Waals surface area contributed by atoms with Crippen LogP contribution in [0.15, 0.2) is 47.4 Å². The third kappa shape index (κ3) is 5.41. The second-order valence-electron chi connectivity index (χ2n) is 5.62. The predicted molar refractivity (Wildman–Crippen MR) is 116 cm³/mol. The molecule has 2 aromatic carbocycles. The lowest BCUT2D eigenvalue weighted by Crippen LogP contribution is -2.17. The fraction of sp³-hybridized carbons (Fsp3) is 0.200. The first-order chi connectivity index (χ1) is 13.6. The van der Waals surface area contributed by atoms with Crippen LogP contribution >= 0.6 is 35.6 Å². The van der Waals surface area contributed by atoms with Crippen molar-refractivity contribution in [3.05, 3.63) is 58.0 Å².